The van der Waals surface area contributed by atoms with Crippen molar-refractivity contribution in [2.75, 3.05) is 0 Å². The van der Waals surface area contributed by atoms with E-state index in [1.54, 1.807) is 30.5 Å². The summed E-state index contributed by atoms with van der Waals surface area (Å²) in [6.45, 7) is 5.90. The summed E-state index contributed by atoms with van der Waals surface area (Å²) in [5, 5.41) is 8.47. The van der Waals surface area contributed by atoms with Crippen LogP contribution in [0, 0.1) is 20.8 Å². The van der Waals surface area contributed by atoms with Gasteiger partial charge in [0.1, 0.15) is 0 Å². The van der Waals surface area contributed by atoms with Gasteiger partial charge in [-0.15, -0.1) is 0 Å². The lowest BCUT2D eigenvalue weighted by Gasteiger charge is -2.05. The maximum absolute atomic E-state index is 13.1. The Morgan fingerprint density at radius 3 is 2.57 bits per heavy atom. The van der Waals surface area contributed by atoms with Crippen LogP contribution in [0.1, 0.15) is 22.4 Å². The van der Waals surface area contributed by atoms with Crippen LogP contribution in [-0.4, -0.2) is 24.4 Å². The van der Waals surface area contributed by atoms with Crippen molar-refractivity contribution in [3.63, 3.8) is 0 Å². The molecular formula is C23H19N5O2. The van der Waals surface area contributed by atoms with Crippen molar-refractivity contribution >= 4 is 22.6 Å². The predicted octanol–water partition coefficient (Wildman–Crippen LogP) is 2.19. The molecule has 0 radical (unpaired) electrons. The first kappa shape index (κ1) is 18.1. The fourth-order valence-corrected chi connectivity index (χ4v) is 3.63. The number of hydrogen-bond acceptors (Lipinski definition) is 4. The first-order valence-electron chi connectivity index (χ1n) is 9.61. The zero-order chi connectivity index (χ0) is 21.0. The molecular weight excluding hydrogens is 378 g/mol. The van der Waals surface area contributed by atoms with Crippen molar-refractivity contribution in [3.05, 3.63) is 97.0 Å². The van der Waals surface area contributed by atoms with E-state index in [1.165, 1.54) is 14.8 Å². The first-order valence-corrected chi connectivity index (χ1v) is 9.61. The van der Waals surface area contributed by atoms with Gasteiger partial charge in [-0.05, 0) is 62.2 Å². The molecule has 0 amide bonds. The second-order valence-corrected chi connectivity index (χ2v) is 7.47. The molecule has 0 saturated heterocycles. The minimum absolute atomic E-state index is 0.168. The quantitative estimate of drug-likeness (QED) is 0.495. The number of nitrogens with one attached hydrogen (secondary N) is 1. The van der Waals surface area contributed by atoms with E-state index < -0.39 is 0 Å². The van der Waals surface area contributed by atoms with Gasteiger partial charge in [-0.25, -0.2) is 9.67 Å². The fraction of sp³-hybridized carbons (Fsp3) is 0.130. The molecule has 7 heteroatoms. The number of hydrogen-bond donors (Lipinski definition) is 1. The van der Waals surface area contributed by atoms with Gasteiger partial charge in [0.05, 0.1) is 28.4 Å². The average molecular weight is 397 g/mol. The highest BCUT2D eigenvalue weighted by Gasteiger charge is 2.13. The van der Waals surface area contributed by atoms with Crippen molar-refractivity contribution in [3.8, 4) is 5.69 Å². The van der Waals surface area contributed by atoms with E-state index in [-0.39, 0.29) is 11.1 Å². The van der Waals surface area contributed by atoms with E-state index in [0.717, 1.165) is 16.9 Å². The number of H-pyrrole nitrogens is 1. The Kier molecular flexibility index (Phi) is 3.92. The molecule has 0 unspecified atom stereocenters. The van der Waals surface area contributed by atoms with Crippen molar-refractivity contribution in [2.24, 2.45) is 0 Å². The zero-order valence-corrected chi connectivity index (χ0v) is 16.8. The van der Waals surface area contributed by atoms with E-state index in [2.05, 4.69) is 15.2 Å². The number of aryl methyl sites for hydroxylation is 3. The van der Waals surface area contributed by atoms with Crippen molar-refractivity contribution in [1.29, 1.82) is 0 Å². The van der Waals surface area contributed by atoms with Crippen LogP contribution in [0.5, 0.6) is 0 Å². The summed E-state index contributed by atoms with van der Waals surface area (Å²) in [6.07, 6.45) is 3.30. The van der Waals surface area contributed by atoms with Crippen LogP contribution in [0.3, 0.4) is 0 Å². The highest BCUT2D eigenvalue weighted by atomic mass is 16.1. The van der Waals surface area contributed by atoms with Crippen LogP contribution in [-0.2, 0) is 0 Å². The lowest BCUT2D eigenvalue weighted by molar-refractivity contribution is 0.833. The number of nitrogens with zero attached hydrogens (tertiary/aromatic N) is 4. The lowest BCUT2D eigenvalue weighted by Crippen LogP contribution is -2.18. The molecule has 30 heavy (non-hydrogen) atoms. The third kappa shape index (κ3) is 2.67. The minimum Gasteiger partial charge on any atom is -0.295 e. The average Bonchev–Trinajstić information content (AvgIpc) is 3.26. The van der Waals surface area contributed by atoms with Crippen LogP contribution in [0.15, 0.2) is 58.3 Å². The highest BCUT2D eigenvalue weighted by Crippen LogP contribution is 2.13. The van der Waals surface area contributed by atoms with Gasteiger partial charge in [0.25, 0.3) is 11.1 Å². The molecule has 3 aromatic heterocycles. The highest BCUT2D eigenvalue weighted by molar-refractivity contribution is 5.79. The monoisotopic (exact) mass is 397 g/mol. The van der Waals surface area contributed by atoms with Crippen molar-refractivity contribution in [1.82, 2.24) is 24.4 Å². The topological polar surface area (TPSA) is 85.0 Å². The molecule has 1 N–H and O–H groups in total. The van der Waals surface area contributed by atoms with Crippen LogP contribution >= 0.6 is 0 Å². The molecule has 0 bridgehead atoms. The van der Waals surface area contributed by atoms with E-state index in [0.29, 0.717) is 27.3 Å². The summed E-state index contributed by atoms with van der Waals surface area (Å²) in [4.78, 5) is 30.4. The van der Waals surface area contributed by atoms with Gasteiger partial charge in [0, 0.05) is 10.9 Å². The van der Waals surface area contributed by atoms with Gasteiger partial charge in [-0.2, -0.15) is 9.61 Å². The maximum atomic E-state index is 13.1. The number of benzene rings is 2. The zero-order valence-electron chi connectivity index (χ0n) is 16.8. The molecule has 0 aliphatic carbocycles. The van der Waals surface area contributed by atoms with Gasteiger partial charge in [0.15, 0.2) is 5.65 Å². The standard InChI is InChI=1S/C23H19N5O2/c1-13-8-9-17(10-14(13)2)27-23(30)19(15(3)26-27)11-16-12-24-28-21(16)25-20-7-5-4-6-18(20)22(28)29/h4-12,26H,1-3H3/b16-11-. The predicted molar refractivity (Wildman–Crippen MR) is 116 cm³/mol. The molecule has 0 aliphatic heterocycles. The molecule has 0 atom stereocenters. The third-order valence-electron chi connectivity index (χ3n) is 5.49. The summed E-state index contributed by atoms with van der Waals surface area (Å²) < 4.78 is 2.80. The number of aromatic amines is 1. The van der Waals surface area contributed by atoms with Crippen LogP contribution in [0.2, 0.25) is 0 Å². The largest absolute Gasteiger partial charge is 0.295 e. The Labute approximate surface area is 170 Å². The Morgan fingerprint density at radius 1 is 0.967 bits per heavy atom. The molecule has 148 valence electrons. The summed E-state index contributed by atoms with van der Waals surface area (Å²) in [7, 11) is 0. The molecule has 0 fully saturated rings. The van der Waals surface area contributed by atoms with E-state index in [9.17, 15) is 9.59 Å². The van der Waals surface area contributed by atoms with E-state index in [4.69, 9.17) is 0 Å². The number of aromatic nitrogens is 5. The maximum Gasteiger partial charge on any atom is 0.282 e. The van der Waals surface area contributed by atoms with Crippen molar-refractivity contribution in [2.45, 2.75) is 20.8 Å². The molecule has 5 rings (SSSR count). The molecule has 0 aliphatic rings. The summed E-state index contributed by atoms with van der Waals surface area (Å²) in [6, 6.07) is 13.0. The minimum atomic E-state index is -0.228. The van der Waals surface area contributed by atoms with Gasteiger partial charge < -0.3 is 0 Å². The van der Waals surface area contributed by atoms with Gasteiger partial charge in [-0.3, -0.25) is 14.7 Å². The lowest BCUT2D eigenvalue weighted by atomic mass is 10.1. The molecule has 0 saturated carbocycles. The van der Waals surface area contributed by atoms with Gasteiger partial charge in [0.2, 0.25) is 0 Å². The van der Waals surface area contributed by atoms with E-state index >= 15 is 0 Å². The Hall–Kier alpha value is -4.00. The van der Waals surface area contributed by atoms with Crippen LogP contribution in [0.4, 0.5) is 0 Å². The Balaban J connectivity index is 1.73. The van der Waals surface area contributed by atoms with Crippen LogP contribution in [0.25, 0.3) is 28.3 Å². The Bertz CT molecular complexity index is 1620. The molecule has 7 nitrogen and oxygen atoms in total. The molecule has 2 aromatic carbocycles. The second kappa shape index (κ2) is 6.52. The fourth-order valence-electron chi connectivity index (χ4n) is 3.63. The van der Waals surface area contributed by atoms with Gasteiger partial charge in [-0.1, -0.05) is 18.2 Å². The normalized spacial score (nSPS) is 12.3. The molecule has 5 aromatic rings. The summed E-state index contributed by atoms with van der Waals surface area (Å²) in [5.74, 6) is 0. The molecule has 3 heterocycles. The summed E-state index contributed by atoms with van der Waals surface area (Å²) >= 11 is 0. The number of para-hydroxylation sites is 1. The number of rotatable bonds is 2. The SMILES string of the molecule is Cc1ccc(-n2[nH]c(C)c(/C=c3/cnn4c(=O)c5ccccc5nc34)c2=O)cc1C. The first-order chi connectivity index (χ1) is 14.4. The Morgan fingerprint density at radius 2 is 1.77 bits per heavy atom. The van der Waals surface area contributed by atoms with Crippen molar-refractivity contribution < 1.29 is 0 Å². The molecule has 0 spiro atoms. The second-order valence-electron chi connectivity index (χ2n) is 7.47. The van der Waals surface area contributed by atoms with Crippen LogP contribution < -0.4 is 16.3 Å². The third-order valence-corrected chi connectivity index (χ3v) is 5.49. The number of fused-ring (bicyclic) bond motifs is 2. The summed E-state index contributed by atoms with van der Waals surface area (Å²) in [5.41, 5.74) is 4.91. The van der Waals surface area contributed by atoms with E-state index in [1.807, 2.05) is 45.0 Å². The smallest absolute Gasteiger partial charge is 0.282 e. The van der Waals surface area contributed by atoms with Gasteiger partial charge >= 0.3 is 0 Å².